The van der Waals surface area contributed by atoms with Crippen molar-refractivity contribution in [3.63, 3.8) is 0 Å². The van der Waals surface area contributed by atoms with Crippen LogP contribution in [-0.4, -0.2) is 28.1 Å². The lowest BCUT2D eigenvalue weighted by molar-refractivity contribution is -0.121. The first-order chi connectivity index (χ1) is 15.2. The molecule has 32 heavy (non-hydrogen) atoms. The fourth-order valence-corrected chi connectivity index (χ4v) is 3.74. The fraction of sp³-hybridized carbons (Fsp3) is 0.208. The molecule has 2 N–H and O–H groups in total. The van der Waals surface area contributed by atoms with Crippen molar-refractivity contribution in [1.29, 1.82) is 0 Å². The van der Waals surface area contributed by atoms with Crippen LogP contribution < -0.4 is 10.6 Å². The number of nitrogens with one attached hydrogen (secondary N) is 2. The molecule has 0 aliphatic heterocycles. The quantitative estimate of drug-likeness (QED) is 0.531. The van der Waals surface area contributed by atoms with Crippen LogP contribution in [0.5, 0.6) is 0 Å². The van der Waals surface area contributed by atoms with E-state index >= 15 is 0 Å². The maximum Gasteiger partial charge on any atom is 0.244 e. The Hall–Kier alpha value is -3.45. The summed E-state index contributed by atoms with van der Waals surface area (Å²) in [5, 5.41) is 10.0. The van der Waals surface area contributed by atoms with Gasteiger partial charge in [-0.3, -0.25) is 9.59 Å². The number of aryl methyl sites for hydroxylation is 4. The summed E-state index contributed by atoms with van der Waals surface area (Å²) in [5.74, 6) is -1.12. The number of rotatable bonds is 6. The van der Waals surface area contributed by atoms with E-state index < -0.39 is 5.91 Å². The molecule has 0 saturated carbocycles. The van der Waals surface area contributed by atoms with E-state index in [-0.39, 0.29) is 18.3 Å². The van der Waals surface area contributed by atoms with Crippen molar-refractivity contribution in [1.82, 2.24) is 15.1 Å². The van der Waals surface area contributed by atoms with Crippen molar-refractivity contribution in [2.24, 2.45) is 0 Å². The van der Waals surface area contributed by atoms with Crippen molar-refractivity contribution in [3.8, 4) is 5.69 Å². The van der Waals surface area contributed by atoms with Crippen molar-refractivity contribution >= 4 is 35.2 Å². The van der Waals surface area contributed by atoms with E-state index in [4.69, 9.17) is 11.6 Å². The van der Waals surface area contributed by atoms with Gasteiger partial charge in [0.05, 0.1) is 17.9 Å². The van der Waals surface area contributed by atoms with Gasteiger partial charge in [0.1, 0.15) is 11.0 Å². The van der Waals surface area contributed by atoms with Crippen molar-refractivity contribution < 1.29 is 14.0 Å². The summed E-state index contributed by atoms with van der Waals surface area (Å²) < 4.78 is 14.6. The number of aromatic nitrogens is 2. The summed E-state index contributed by atoms with van der Waals surface area (Å²) >= 11 is 6.41. The first-order valence-corrected chi connectivity index (χ1v) is 10.4. The zero-order valence-electron chi connectivity index (χ0n) is 18.3. The van der Waals surface area contributed by atoms with Gasteiger partial charge in [0.15, 0.2) is 0 Å². The highest BCUT2D eigenvalue weighted by Gasteiger charge is 2.13. The molecule has 3 rings (SSSR count). The van der Waals surface area contributed by atoms with Gasteiger partial charge < -0.3 is 10.6 Å². The summed E-state index contributed by atoms with van der Waals surface area (Å²) in [4.78, 5) is 24.5. The molecule has 0 atom stereocenters. The lowest BCUT2D eigenvalue weighted by Crippen LogP contribution is -2.32. The molecule has 8 heteroatoms. The molecule has 0 bridgehead atoms. The number of hydrogen-bond acceptors (Lipinski definition) is 3. The van der Waals surface area contributed by atoms with Crippen LogP contribution in [0.2, 0.25) is 5.15 Å². The molecule has 0 aliphatic rings. The Morgan fingerprint density at radius 1 is 1.09 bits per heavy atom. The summed E-state index contributed by atoms with van der Waals surface area (Å²) in [6.45, 7) is 7.43. The largest absolute Gasteiger partial charge is 0.343 e. The number of carbonyl (C=O) groups excluding carboxylic acids is 2. The van der Waals surface area contributed by atoms with Crippen LogP contribution in [0, 0.1) is 33.5 Å². The molecule has 2 amide bonds. The van der Waals surface area contributed by atoms with Crippen LogP contribution in [0.15, 0.2) is 42.5 Å². The van der Waals surface area contributed by atoms with Gasteiger partial charge in [-0.2, -0.15) is 5.10 Å². The number of nitrogens with zero attached hydrogens (tertiary/aromatic N) is 2. The molecule has 3 aromatic rings. The normalized spacial score (nSPS) is 11.1. The Balaban J connectivity index is 1.62. The third-order valence-electron chi connectivity index (χ3n) is 4.89. The minimum absolute atomic E-state index is 0.169. The van der Waals surface area contributed by atoms with Crippen LogP contribution in [0.1, 0.15) is 27.9 Å². The van der Waals surface area contributed by atoms with Crippen molar-refractivity contribution in [3.05, 3.63) is 81.4 Å². The molecule has 0 saturated heterocycles. The zero-order chi connectivity index (χ0) is 23.4. The van der Waals surface area contributed by atoms with Gasteiger partial charge >= 0.3 is 0 Å². The van der Waals surface area contributed by atoms with Crippen LogP contribution in [-0.2, 0) is 9.59 Å². The SMILES string of the molecule is Cc1cc(C)c(NC(=O)CNC(=O)C=Cc2c(C)nn(-c3ccc(F)cc3)c2Cl)c(C)c1. The number of hydrogen-bond donors (Lipinski definition) is 2. The average Bonchev–Trinajstić information content (AvgIpc) is 3.01. The van der Waals surface area contributed by atoms with Gasteiger partial charge in [-0.25, -0.2) is 9.07 Å². The summed E-state index contributed by atoms with van der Waals surface area (Å²) in [6.07, 6.45) is 2.83. The van der Waals surface area contributed by atoms with Crippen molar-refractivity contribution in [2.45, 2.75) is 27.7 Å². The fourth-order valence-electron chi connectivity index (χ4n) is 3.40. The Labute approximate surface area is 191 Å². The van der Waals surface area contributed by atoms with Crippen molar-refractivity contribution in [2.75, 3.05) is 11.9 Å². The topological polar surface area (TPSA) is 76.0 Å². The molecule has 0 aliphatic carbocycles. The monoisotopic (exact) mass is 454 g/mol. The van der Waals surface area contributed by atoms with E-state index in [1.807, 2.05) is 32.9 Å². The lowest BCUT2D eigenvalue weighted by Gasteiger charge is -2.13. The summed E-state index contributed by atoms with van der Waals surface area (Å²) in [5.41, 5.74) is 5.56. The molecule has 0 unspecified atom stereocenters. The second-order valence-corrected chi connectivity index (χ2v) is 7.91. The zero-order valence-corrected chi connectivity index (χ0v) is 19.0. The first kappa shape index (κ1) is 23.2. The third kappa shape index (κ3) is 5.42. The van der Waals surface area contributed by atoms with Crippen LogP contribution in [0.4, 0.5) is 10.1 Å². The molecule has 166 valence electrons. The predicted octanol–water partition coefficient (Wildman–Crippen LogP) is 4.67. The summed E-state index contributed by atoms with van der Waals surface area (Å²) in [7, 11) is 0. The van der Waals surface area contributed by atoms with Crippen LogP contribution >= 0.6 is 11.6 Å². The average molecular weight is 455 g/mol. The second kappa shape index (κ2) is 9.78. The molecule has 6 nitrogen and oxygen atoms in total. The van der Waals surface area contributed by atoms with E-state index in [0.717, 1.165) is 22.4 Å². The van der Waals surface area contributed by atoms with Crippen LogP contribution in [0.25, 0.3) is 11.8 Å². The van der Waals surface area contributed by atoms with Gasteiger partial charge in [0, 0.05) is 17.3 Å². The maximum atomic E-state index is 13.2. The first-order valence-electron chi connectivity index (χ1n) is 10.0. The van der Waals surface area contributed by atoms with E-state index in [2.05, 4.69) is 15.7 Å². The molecule has 0 spiro atoms. The second-order valence-electron chi connectivity index (χ2n) is 7.55. The van der Waals surface area contributed by atoms with E-state index in [1.165, 1.54) is 29.0 Å². The minimum atomic E-state index is -0.442. The maximum absolute atomic E-state index is 13.2. The summed E-state index contributed by atoms with van der Waals surface area (Å²) in [6, 6.07) is 9.73. The van der Waals surface area contributed by atoms with Gasteiger partial charge in [-0.05, 0) is 69.2 Å². The van der Waals surface area contributed by atoms with E-state index in [0.29, 0.717) is 22.1 Å². The van der Waals surface area contributed by atoms with Gasteiger partial charge in [0.2, 0.25) is 11.8 Å². The third-order valence-corrected chi connectivity index (χ3v) is 5.25. The van der Waals surface area contributed by atoms with E-state index in [9.17, 15) is 14.0 Å². The number of amides is 2. The number of halogens is 2. The molecule has 0 radical (unpaired) electrons. The Bertz CT molecular complexity index is 1180. The number of anilines is 1. The highest BCUT2D eigenvalue weighted by atomic mass is 35.5. The molecular formula is C24H24ClFN4O2. The Morgan fingerprint density at radius 3 is 2.34 bits per heavy atom. The molecule has 2 aromatic carbocycles. The molecule has 1 heterocycles. The molecule has 1 aromatic heterocycles. The highest BCUT2D eigenvalue weighted by molar-refractivity contribution is 6.31. The highest BCUT2D eigenvalue weighted by Crippen LogP contribution is 2.25. The van der Waals surface area contributed by atoms with Gasteiger partial charge in [-0.1, -0.05) is 29.3 Å². The smallest absolute Gasteiger partial charge is 0.244 e. The van der Waals surface area contributed by atoms with Crippen LogP contribution in [0.3, 0.4) is 0 Å². The predicted molar refractivity (Wildman–Crippen MR) is 125 cm³/mol. The molecule has 0 fully saturated rings. The van der Waals surface area contributed by atoms with Gasteiger partial charge in [0.25, 0.3) is 0 Å². The lowest BCUT2D eigenvalue weighted by atomic mass is 10.1. The number of benzene rings is 2. The molecular weight excluding hydrogens is 431 g/mol. The minimum Gasteiger partial charge on any atom is -0.343 e. The van der Waals surface area contributed by atoms with E-state index in [1.54, 1.807) is 19.1 Å². The Kier molecular flexibility index (Phi) is 7.10. The van der Waals surface area contributed by atoms with Gasteiger partial charge in [-0.15, -0.1) is 0 Å². The Morgan fingerprint density at radius 2 is 1.72 bits per heavy atom. The standard InChI is InChI=1S/C24H24ClFN4O2/c1-14-11-15(2)23(16(3)12-14)28-22(32)13-27-21(31)10-9-20-17(4)29-30(24(20)25)19-7-5-18(26)6-8-19/h5-12H,13H2,1-4H3,(H,27,31)(H,28,32). The number of carbonyl (C=O) groups is 2.